The molecular formula is C19H26N4OS. The van der Waals surface area contributed by atoms with Crippen LogP contribution in [0.4, 0.5) is 5.82 Å². The Morgan fingerprint density at radius 2 is 2.12 bits per heavy atom. The van der Waals surface area contributed by atoms with E-state index < -0.39 is 0 Å². The van der Waals surface area contributed by atoms with Gasteiger partial charge in [-0.05, 0) is 36.8 Å². The van der Waals surface area contributed by atoms with Gasteiger partial charge in [0.15, 0.2) is 0 Å². The van der Waals surface area contributed by atoms with Crippen LogP contribution >= 0.6 is 11.3 Å². The summed E-state index contributed by atoms with van der Waals surface area (Å²) in [7, 11) is 1.82. The van der Waals surface area contributed by atoms with Crippen molar-refractivity contribution < 1.29 is 4.74 Å². The Bertz CT molecular complexity index is 655. The molecule has 2 saturated heterocycles. The van der Waals surface area contributed by atoms with E-state index in [2.05, 4.69) is 37.3 Å². The Labute approximate surface area is 153 Å². The molecule has 2 aromatic rings. The lowest BCUT2D eigenvalue weighted by Crippen LogP contribution is -2.41. The van der Waals surface area contributed by atoms with Gasteiger partial charge in [-0.1, -0.05) is 6.07 Å². The Kier molecular flexibility index (Phi) is 5.01. The van der Waals surface area contributed by atoms with Crippen LogP contribution in [0.1, 0.15) is 24.3 Å². The zero-order chi connectivity index (χ0) is 17.1. The molecule has 0 bridgehead atoms. The average molecular weight is 359 g/mol. The monoisotopic (exact) mass is 358 g/mol. The normalized spacial score (nSPS) is 23.4. The van der Waals surface area contributed by atoms with E-state index in [0.717, 1.165) is 38.6 Å². The smallest absolute Gasteiger partial charge is 0.128 e. The lowest BCUT2D eigenvalue weighted by atomic mass is 9.76. The average Bonchev–Trinajstić information content (AvgIpc) is 3.26. The summed E-state index contributed by atoms with van der Waals surface area (Å²) in [6.07, 6.45) is 7.50. The first-order chi connectivity index (χ1) is 12.3. The molecule has 0 saturated carbocycles. The van der Waals surface area contributed by atoms with Gasteiger partial charge in [0.2, 0.25) is 0 Å². The van der Waals surface area contributed by atoms with Crippen molar-refractivity contribution in [1.82, 2.24) is 14.9 Å². The van der Waals surface area contributed by atoms with Crippen LogP contribution in [0.5, 0.6) is 0 Å². The largest absolute Gasteiger partial charge is 0.383 e. The van der Waals surface area contributed by atoms with Crippen LogP contribution in [0.15, 0.2) is 36.0 Å². The van der Waals surface area contributed by atoms with Crippen molar-refractivity contribution in [2.24, 2.45) is 5.41 Å². The molecule has 0 aromatic carbocycles. The lowest BCUT2D eigenvalue weighted by molar-refractivity contribution is 0.111. The predicted octanol–water partition coefficient (Wildman–Crippen LogP) is 3.05. The highest BCUT2D eigenvalue weighted by molar-refractivity contribution is 7.09. The fourth-order valence-electron chi connectivity index (χ4n) is 4.41. The summed E-state index contributed by atoms with van der Waals surface area (Å²) in [5.41, 5.74) is 0.422. The Morgan fingerprint density at radius 1 is 1.24 bits per heavy atom. The molecule has 4 rings (SSSR count). The van der Waals surface area contributed by atoms with E-state index >= 15 is 0 Å². The van der Waals surface area contributed by atoms with Gasteiger partial charge in [-0.15, -0.1) is 11.3 Å². The number of thiazole rings is 1. The molecule has 2 aliphatic rings. The molecule has 0 aliphatic carbocycles. The number of pyridine rings is 1. The summed E-state index contributed by atoms with van der Waals surface area (Å²) in [5, 5.41) is 3.28. The van der Waals surface area contributed by atoms with Crippen LogP contribution in [0.2, 0.25) is 0 Å². The molecule has 4 heterocycles. The summed E-state index contributed by atoms with van der Waals surface area (Å²) in [6, 6.07) is 6.69. The molecular weight excluding hydrogens is 332 g/mol. The summed E-state index contributed by atoms with van der Waals surface area (Å²) >= 11 is 1.75. The molecule has 5 nitrogen and oxygen atoms in total. The molecule has 1 unspecified atom stereocenters. The third kappa shape index (κ3) is 3.71. The second-order valence-electron chi connectivity index (χ2n) is 7.32. The SMILES string of the molecule is COCC1CC2(CCN(c3ccccn3)CC2)CN1Cc1nccs1. The minimum atomic E-state index is 0.422. The Balaban J connectivity index is 1.42. The Hall–Kier alpha value is -1.50. The lowest BCUT2D eigenvalue weighted by Gasteiger charge is -2.40. The van der Waals surface area contributed by atoms with Gasteiger partial charge in [0.05, 0.1) is 13.2 Å². The maximum Gasteiger partial charge on any atom is 0.128 e. The van der Waals surface area contributed by atoms with Gasteiger partial charge in [0, 0.05) is 50.6 Å². The van der Waals surface area contributed by atoms with Crippen LogP contribution < -0.4 is 4.90 Å². The number of methoxy groups -OCH3 is 1. The fraction of sp³-hybridized carbons (Fsp3) is 0.579. The van der Waals surface area contributed by atoms with Gasteiger partial charge < -0.3 is 9.64 Å². The standard InChI is InChI=1S/C19H26N4OS/c1-24-14-16-12-19(15-23(16)13-18-21-8-11-25-18)5-9-22(10-6-19)17-4-2-3-7-20-17/h2-4,7-8,11,16H,5-6,9-10,12-15H2,1H3. The second-order valence-corrected chi connectivity index (χ2v) is 8.30. The molecule has 0 amide bonds. The first kappa shape index (κ1) is 16.9. The van der Waals surface area contributed by atoms with Crippen molar-refractivity contribution in [2.75, 3.05) is 38.3 Å². The van der Waals surface area contributed by atoms with Crippen molar-refractivity contribution in [3.05, 3.63) is 41.0 Å². The number of hydrogen-bond donors (Lipinski definition) is 0. The second kappa shape index (κ2) is 7.40. The number of ether oxygens (including phenoxy) is 1. The fourth-order valence-corrected chi connectivity index (χ4v) is 5.05. The highest BCUT2D eigenvalue weighted by Gasteiger charge is 2.45. The summed E-state index contributed by atoms with van der Waals surface area (Å²) in [6.45, 7) is 5.13. The van der Waals surface area contributed by atoms with Gasteiger partial charge in [0.1, 0.15) is 10.8 Å². The van der Waals surface area contributed by atoms with E-state index in [0.29, 0.717) is 11.5 Å². The molecule has 2 aromatic heterocycles. The van der Waals surface area contributed by atoms with Crippen LogP contribution in [0.25, 0.3) is 0 Å². The summed E-state index contributed by atoms with van der Waals surface area (Å²) in [4.78, 5) is 14.0. The molecule has 1 spiro atoms. The van der Waals surface area contributed by atoms with Gasteiger partial charge in [-0.3, -0.25) is 4.90 Å². The number of rotatable bonds is 5. The third-order valence-corrected chi connectivity index (χ3v) is 6.47. The molecule has 1 atom stereocenters. The van der Waals surface area contributed by atoms with Crippen LogP contribution in [-0.4, -0.2) is 54.3 Å². The first-order valence-electron chi connectivity index (χ1n) is 9.05. The summed E-state index contributed by atoms with van der Waals surface area (Å²) < 4.78 is 5.52. The predicted molar refractivity (Wildman–Crippen MR) is 101 cm³/mol. The van der Waals surface area contributed by atoms with Gasteiger partial charge in [0.25, 0.3) is 0 Å². The zero-order valence-electron chi connectivity index (χ0n) is 14.8. The molecule has 2 fully saturated rings. The quantitative estimate of drug-likeness (QED) is 0.822. The minimum absolute atomic E-state index is 0.422. The van der Waals surface area contributed by atoms with Crippen molar-refractivity contribution >= 4 is 17.2 Å². The number of nitrogens with zero attached hydrogens (tertiary/aromatic N) is 4. The van der Waals surface area contributed by atoms with Gasteiger partial charge >= 0.3 is 0 Å². The number of anilines is 1. The highest BCUT2D eigenvalue weighted by atomic mass is 32.1. The van der Waals surface area contributed by atoms with E-state index in [4.69, 9.17) is 4.74 Å². The number of hydrogen-bond acceptors (Lipinski definition) is 6. The zero-order valence-corrected chi connectivity index (χ0v) is 15.6. The third-order valence-electron chi connectivity index (χ3n) is 5.70. The van der Waals surface area contributed by atoms with E-state index in [-0.39, 0.29) is 0 Å². The number of aromatic nitrogens is 2. The van der Waals surface area contributed by atoms with Crippen LogP contribution in [0.3, 0.4) is 0 Å². The van der Waals surface area contributed by atoms with Crippen LogP contribution in [-0.2, 0) is 11.3 Å². The van der Waals surface area contributed by atoms with Crippen molar-refractivity contribution in [2.45, 2.75) is 31.8 Å². The minimum Gasteiger partial charge on any atom is -0.383 e. The van der Waals surface area contributed by atoms with E-state index in [1.54, 1.807) is 11.3 Å². The molecule has 0 radical (unpaired) electrons. The van der Waals surface area contributed by atoms with E-state index in [9.17, 15) is 0 Å². The highest BCUT2D eigenvalue weighted by Crippen LogP contribution is 2.44. The molecule has 6 heteroatoms. The maximum absolute atomic E-state index is 5.52. The van der Waals surface area contributed by atoms with Crippen molar-refractivity contribution in [1.29, 1.82) is 0 Å². The maximum atomic E-state index is 5.52. The van der Waals surface area contributed by atoms with Crippen molar-refractivity contribution in [3.63, 3.8) is 0 Å². The Morgan fingerprint density at radius 3 is 2.80 bits per heavy atom. The van der Waals surface area contributed by atoms with Gasteiger partial charge in [-0.2, -0.15) is 0 Å². The van der Waals surface area contributed by atoms with E-state index in [1.165, 1.54) is 24.3 Å². The number of piperidine rings is 1. The molecule has 0 N–H and O–H groups in total. The van der Waals surface area contributed by atoms with E-state index in [1.807, 2.05) is 25.6 Å². The topological polar surface area (TPSA) is 41.5 Å². The van der Waals surface area contributed by atoms with Crippen molar-refractivity contribution in [3.8, 4) is 0 Å². The van der Waals surface area contributed by atoms with Gasteiger partial charge in [-0.25, -0.2) is 9.97 Å². The first-order valence-corrected chi connectivity index (χ1v) is 9.93. The molecule has 2 aliphatic heterocycles. The molecule has 25 heavy (non-hydrogen) atoms. The van der Waals surface area contributed by atoms with Crippen LogP contribution in [0, 0.1) is 5.41 Å². The summed E-state index contributed by atoms with van der Waals surface area (Å²) in [5.74, 6) is 1.11. The number of likely N-dealkylation sites (tertiary alicyclic amines) is 1. The molecule has 134 valence electrons.